The number of hydrogen-bond acceptors (Lipinski definition) is 2. The van der Waals surface area contributed by atoms with E-state index in [1.807, 2.05) is 18.2 Å². The zero-order valence-corrected chi connectivity index (χ0v) is 16.8. The van der Waals surface area contributed by atoms with E-state index in [0.29, 0.717) is 18.1 Å². The lowest BCUT2D eigenvalue weighted by Crippen LogP contribution is -2.60. The molecular weight excluding hydrogens is 334 g/mol. The highest BCUT2D eigenvalue weighted by molar-refractivity contribution is 5.90. The Balaban J connectivity index is 1.36. The van der Waals surface area contributed by atoms with Gasteiger partial charge in [-0.05, 0) is 56.6 Å². The molecule has 3 fully saturated rings. The Morgan fingerprint density at radius 1 is 0.963 bits per heavy atom. The van der Waals surface area contributed by atoms with Crippen molar-refractivity contribution >= 4 is 11.7 Å². The number of nitrogens with zero attached hydrogens (tertiary/aromatic N) is 1. The normalized spacial score (nSPS) is 29.3. The number of rotatable bonds is 4. The van der Waals surface area contributed by atoms with E-state index in [1.165, 1.54) is 56.9 Å². The van der Waals surface area contributed by atoms with E-state index in [1.54, 1.807) is 0 Å². The largest absolute Gasteiger partial charge is 0.335 e. The third kappa shape index (κ3) is 4.31. The third-order valence-electron chi connectivity index (χ3n) is 7.01. The van der Waals surface area contributed by atoms with Crippen molar-refractivity contribution in [1.29, 1.82) is 0 Å². The number of benzene rings is 1. The molecule has 1 aromatic rings. The van der Waals surface area contributed by atoms with Gasteiger partial charge < -0.3 is 10.6 Å². The summed E-state index contributed by atoms with van der Waals surface area (Å²) in [5, 5.41) is 6.38. The summed E-state index contributed by atoms with van der Waals surface area (Å²) in [4.78, 5) is 15.5. The maximum atomic E-state index is 12.6. The maximum Gasteiger partial charge on any atom is 0.319 e. The number of para-hydroxylation sites is 1. The van der Waals surface area contributed by atoms with Crippen LogP contribution in [0.5, 0.6) is 0 Å². The summed E-state index contributed by atoms with van der Waals surface area (Å²) in [6.45, 7) is 2.13. The average Bonchev–Trinajstić information content (AvgIpc) is 2.68. The highest BCUT2D eigenvalue weighted by Crippen LogP contribution is 2.39. The van der Waals surface area contributed by atoms with E-state index >= 15 is 0 Å². The van der Waals surface area contributed by atoms with Gasteiger partial charge in [-0.3, -0.25) is 4.90 Å². The van der Waals surface area contributed by atoms with Crippen molar-refractivity contribution in [3.05, 3.63) is 29.8 Å². The van der Waals surface area contributed by atoms with Gasteiger partial charge in [-0.1, -0.05) is 50.8 Å². The number of amides is 2. The molecule has 2 saturated heterocycles. The summed E-state index contributed by atoms with van der Waals surface area (Å²) in [6.07, 6.45) is 14.2. The van der Waals surface area contributed by atoms with Crippen molar-refractivity contribution in [3.63, 3.8) is 0 Å². The monoisotopic (exact) mass is 369 g/mol. The molecule has 2 bridgehead atoms. The molecule has 1 aromatic carbocycles. The van der Waals surface area contributed by atoms with Crippen LogP contribution in [0.3, 0.4) is 0 Å². The molecule has 27 heavy (non-hydrogen) atoms. The van der Waals surface area contributed by atoms with Gasteiger partial charge >= 0.3 is 6.03 Å². The first-order valence-corrected chi connectivity index (χ1v) is 11.2. The molecule has 3 aliphatic rings. The summed E-state index contributed by atoms with van der Waals surface area (Å²) in [5.74, 6) is 0. The second-order valence-electron chi connectivity index (χ2n) is 8.76. The molecule has 2 aliphatic heterocycles. The van der Waals surface area contributed by atoms with Gasteiger partial charge in [0.1, 0.15) is 0 Å². The zero-order chi connectivity index (χ0) is 18.6. The van der Waals surface area contributed by atoms with Gasteiger partial charge in [-0.25, -0.2) is 4.79 Å². The minimum atomic E-state index is -0.0370. The van der Waals surface area contributed by atoms with E-state index in [9.17, 15) is 4.79 Å². The number of carbonyl (C=O) groups excluding carboxylic acids is 1. The topological polar surface area (TPSA) is 44.4 Å². The van der Waals surface area contributed by atoms with Crippen molar-refractivity contribution in [2.24, 2.45) is 0 Å². The number of fused-ring (bicyclic) bond motifs is 2. The number of piperidine rings is 2. The predicted molar refractivity (Wildman–Crippen MR) is 111 cm³/mol. The van der Waals surface area contributed by atoms with Crippen LogP contribution in [0.25, 0.3) is 0 Å². The average molecular weight is 370 g/mol. The summed E-state index contributed by atoms with van der Waals surface area (Å²) in [6, 6.07) is 10.5. The van der Waals surface area contributed by atoms with Crippen LogP contribution in [-0.2, 0) is 6.42 Å². The van der Waals surface area contributed by atoms with Gasteiger partial charge in [0.05, 0.1) is 0 Å². The lowest BCUT2D eigenvalue weighted by Gasteiger charge is -2.53. The van der Waals surface area contributed by atoms with Crippen molar-refractivity contribution in [3.8, 4) is 0 Å². The van der Waals surface area contributed by atoms with Crippen molar-refractivity contribution in [1.82, 2.24) is 10.2 Å². The van der Waals surface area contributed by atoms with Crippen molar-refractivity contribution in [2.45, 2.75) is 102 Å². The Kier molecular flexibility index (Phi) is 6.01. The molecule has 1 saturated carbocycles. The molecule has 0 aromatic heterocycles. The fourth-order valence-corrected chi connectivity index (χ4v) is 5.81. The first kappa shape index (κ1) is 18.8. The predicted octanol–water partition coefficient (Wildman–Crippen LogP) is 5.09. The first-order chi connectivity index (χ1) is 13.2. The van der Waals surface area contributed by atoms with Crippen molar-refractivity contribution < 1.29 is 4.79 Å². The zero-order valence-electron chi connectivity index (χ0n) is 16.8. The number of urea groups is 1. The lowest BCUT2D eigenvalue weighted by atomic mass is 9.78. The van der Waals surface area contributed by atoms with Crippen LogP contribution in [0.15, 0.2) is 24.3 Å². The van der Waals surface area contributed by atoms with E-state index in [-0.39, 0.29) is 6.03 Å². The van der Waals surface area contributed by atoms with Crippen molar-refractivity contribution in [2.75, 3.05) is 5.32 Å². The number of hydrogen-bond donors (Lipinski definition) is 2. The highest BCUT2D eigenvalue weighted by Gasteiger charge is 2.42. The molecule has 4 heteroatoms. The Morgan fingerprint density at radius 3 is 2.33 bits per heavy atom. The second-order valence-corrected chi connectivity index (χ2v) is 8.76. The number of anilines is 1. The van der Waals surface area contributed by atoms with Gasteiger partial charge in [0.15, 0.2) is 0 Å². The smallest absolute Gasteiger partial charge is 0.319 e. The molecule has 2 amide bonds. The molecule has 0 radical (unpaired) electrons. The van der Waals surface area contributed by atoms with Gasteiger partial charge in [-0.15, -0.1) is 0 Å². The fourth-order valence-electron chi connectivity index (χ4n) is 5.81. The second kappa shape index (κ2) is 8.64. The summed E-state index contributed by atoms with van der Waals surface area (Å²) < 4.78 is 0. The van der Waals surface area contributed by atoms with Crippen LogP contribution in [0, 0.1) is 0 Å². The van der Waals surface area contributed by atoms with Crippen LogP contribution in [-0.4, -0.2) is 35.1 Å². The number of carbonyl (C=O) groups is 1. The van der Waals surface area contributed by atoms with E-state index in [0.717, 1.165) is 31.0 Å². The molecule has 2 heterocycles. The van der Waals surface area contributed by atoms with Gasteiger partial charge in [0.2, 0.25) is 0 Å². The Bertz CT molecular complexity index is 626. The Morgan fingerprint density at radius 2 is 1.63 bits per heavy atom. The molecule has 2 unspecified atom stereocenters. The summed E-state index contributed by atoms with van der Waals surface area (Å²) in [7, 11) is 0. The SMILES string of the molecule is CCc1ccccc1NC(=O)NC1CC2CCCC(C1)N2C1CCCCC1. The van der Waals surface area contributed by atoms with Crippen LogP contribution < -0.4 is 10.6 Å². The van der Waals surface area contributed by atoms with Gasteiger partial charge in [0.25, 0.3) is 0 Å². The minimum Gasteiger partial charge on any atom is -0.335 e. The molecule has 2 N–H and O–H groups in total. The molecule has 2 atom stereocenters. The van der Waals surface area contributed by atoms with E-state index in [4.69, 9.17) is 0 Å². The Hall–Kier alpha value is -1.55. The molecular formula is C23H35N3O. The summed E-state index contributed by atoms with van der Waals surface area (Å²) >= 11 is 0. The quantitative estimate of drug-likeness (QED) is 0.776. The van der Waals surface area contributed by atoms with Crippen LogP contribution in [0.4, 0.5) is 10.5 Å². The van der Waals surface area contributed by atoms with Crippen LogP contribution >= 0.6 is 0 Å². The molecule has 0 spiro atoms. The van der Waals surface area contributed by atoms with Crippen LogP contribution in [0.2, 0.25) is 0 Å². The molecule has 4 rings (SSSR count). The van der Waals surface area contributed by atoms with Crippen LogP contribution in [0.1, 0.15) is 76.7 Å². The summed E-state index contributed by atoms with van der Waals surface area (Å²) in [5.41, 5.74) is 2.13. The van der Waals surface area contributed by atoms with Gasteiger partial charge in [0, 0.05) is 29.9 Å². The van der Waals surface area contributed by atoms with E-state index in [2.05, 4.69) is 28.5 Å². The number of nitrogens with one attached hydrogen (secondary N) is 2. The standard InChI is InChI=1S/C23H35N3O/c1-2-17-9-6-7-14-22(17)25-23(27)24-18-15-20-12-8-13-21(16-18)26(20)19-10-4-3-5-11-19/h6-7,9,14,18-21H,2-5,8,10-13,15-16H2,1H3,(H2,24,25,27). The maximum absolute atomic E-state index is 12.6. The number of aryl methyl sites for hydroxylation is 1. The first-order valence-electron chi connectivity index (χ1n) is 11.2. The third-order valence-corrected chi connectivity index (χ3v) is 7.01. The minimum absolute atomic E-state index is 0.0370. The highest BCUT2D eigenvalue weighted by atomic mass is 16.2. The fraction of sp³-hybridized carbons (Fsp3) is 0.696. The Labute approximate surface area is 164 Å². The van der Waals surface area contributed by atoms with Gasteiger partial charge in [-0.2, -0.15) is 0 Å². The molecule has 1 aliphatic carbocycles. The molecule has 148 valence electrons. The lowest BCUT2D eigenvalue weighted by molar-refractivity contribution is -0.0202. The molecule has 4 nitrogen and oxygen atoms in total. The van der Waals surface area contributed by atoms with E-state index < -0.39 is 0 Å².